The lowest BCUT2D eigenvalue weighted by molar-refractivity contribution is 0.592. The third kappa shape index (κ3) is 2.91. The van der Waals surface area contributed by atoms with Gasteiger partial charge in [0.15, 0.2) is 0 Å². The molecule has 1 N–H and O–H groups in total. The van der Waals surface area contributed by atoms with Crippen LogP contribution in [0.1, 0.15) is 21.4 Å². The van der Waals surface area contributed by atoms with Crippen molar-refractivity contribution in [3.8, 4) is 0 Å². The fourth-order valence-corrected chi connectivity index (χ4v) is 3.10. The molecule has 0 saturated heterocycles. The van der Waals surface area contributed by atoms with Crippen LogP contribution in [0, 0.1) is 12.7 Å². The molecule has 0 spiro atoms. The van der Waals surface area contributed by atoms with E-state index in [9.17, 15) is 4.39 Å². The van der Waals surface area contributed by atoms with Crippen molar-refractivity contribution in [1.29, 1.82) is 0 Å². The van der Waals surface area contributed by atoms with Gasteiger partial charge in [-0.2, -0.15) is 0 Å². The third-order valence-corrected chi connectivity index (χ3v) is 4.45. The van der Waals surface area contributed by atoms with E-state index in [2.05, 4.69) is 24.4 Å². The Balaban J connectivity index is 2.23. The fraction of sp³-hybridized carbons (Fsp3) is 0.286. The Hall–Kier alpha value is -0.900. The van der Waals surface area contributed by atoms with Crippen LogP contribution in [-0.2, 0) is 6.42 Å². The largest absolute Gasteiger partial charge is 0.312 e. The van der Waals surface area contributed by atoms with E-state index in [0.717, 1.165) is 5.56 Å². The first-order valence-electron chi connectivity index (χ1n) is 5.78. The summed E-state index contributed by atoms with van der Waals surface area (Å²) in [5.74, 6) is -0.355. The summed E-state index contributed by atoms with van der Waals surface area (Å²) in [6, 6.07) is 9.32. The summed E-state index contributed by atoms with van der Waals surface area (Å²) in [7, 11) is 1.91. The molecule has 1 unspecified atom stereocenters. The molecule has 2 rings (SSSR count). The number of hydrogen-bond acceptors (Lipinski definition) is 2. The molecule has 18 heavy (non-hydrogen) atoms. The maximum atomic E-state index is 13.4. The lowest BCUT2D eigenvalue weighted by atomic mass is 10.0. The molecule has 4 heteroatoms. The zero-order valence-corrected chi connectivity index (χ0v) is 11.9. The van der Waals surface area contributed by atoms with Crippen molar-refractivity contribution in [1.82, 2.24) is 5.32 Å². The van der Waals surface area contributed by atoms with Crippen molar-refractivity contribution in [2.75, 3.05) is 7.05 Å². The summed E-state index contributed by atoms with van der Waals surface area (Å²) in [4.78, 5) is 2.52. The van der Waals surface area contributed by atoms with Crippen LogP contribution < -0.4 is 5.32 Å². The van der Waals surface area contributed by atoms with Gasteiger partial charge < -0.3 is 5.32 Å². The average Bonchev–Trinajstić information content (AvgIpc) is 2.78. The van der Waals surface area contributed by atoms with Crippen LogP contribution >= 0.6 is 22.9 Å². The van der Waals surface area contributed by atoms with Gasteiger partial charge in [-0.1, -0.05) is 23.7 Å². The van der Waals surface area contributed by atoms with Gasteiger partial charge in [0.1, 0.15) is 5.82 Å². The summed E-state index contributed by atoms with van der Waals surface area (Å²) >= 11 is 7.74. The highest BCUT2D eigenvalue weighted by Crippen LogP contribution is 2.28. The SMILES string of the molecule is CNC(Cc1cccc(F)c1Cl)c1ccc(C)s1. The standard InChI is InChI=1S/C14H15ClFNS/c1-9-6-7-13(18-9)12(17-2)8-10-4-3-5-11(16)14(10)15/h3-7,12,17H,8H2,1-2H3. The van der Waals surface area contributed by atoms with Crippen molar-refractivity contribution in [3.63, 3.8) is 0 Å². The van der Waals surface area contributed by atoms with E-state index in [4.69, 9.17) is 11.6 Å². The Bertz CT molecular complexity index is 538. The van der Waals surface area contributed by atoms with Crippen LogP contribution in [0.3, 0.4) is 0 Å². The molecular formula is C14H15ClFNS. The normalized spacial score (nSPS) is 12.7. The molecule has 0 radical (unpaired) electrons. The number of thiophene rings is 1. The van der Waals surface area contributed by atoms with Crippen LogP contribution in [0.4, 0.5) is 4.39 Å². The van der Waals surface area contributed by atoms with Crippen LogP contribution in [-0.4, -0.2) is 7.05 Å². The molecule has 96 valence electrons. The minimum Gasteiger partial charge on any atom is -0.312 e. The first-order valence-corrected chi connectivity index (χ1v) is 6.97. The summed E-state index contributed by atoms with van der Waals surface area (Å²) in [5, 5.41) is 3.48. The van der Waals surface area contributed by atoms with Gasteiger partial charge in [0.25, 0.3) is 0 Å². The number of rotatable bonds is 4. The molecule has 1 heterocycles. The number of nitrogens with one attached hydrogen (secondary N) is 1. The molecule has 0 aliphatic rings. The van der Waals surface area contributed by atoms with Crippen molar-refractivity contribution in [2.24, 2.45) is 0 Å². The third-order valence-electron chi connectivity index (χ3n) is 2.91. The smallest absolute Gasteiger partial charge is 0.142 e. The number of halogens is 2. The Morgan fingerprint density at radius 3 is 2.72 bits per heavy atom. The second kappa shape index (κ2) is 5.83. The number of benzene rings is 1. The summed E-state index contributed by atoms with van der Waals surface area (Å²) < 4.78 is 13.4. The van der Waals surface area contributed by atoms with Crippen molar-refractivity contribution in [3.05, 3.63) is 56.5 Å². The molecule has 1 atom stereocenters. The van der Waals surface area contributed by atoms with Crippen LogP contribution in [0.2, 0.25) is 5.02 Å². The van der Waals surface area contributed by atoms with E-state index >= 15 is 0 Å². The summed E-state index contributed by atoms with van der Waals surface area (Å²) in [6.07, 6.45) is 0.688. The first-order chi connectivity index (χ1) is 8.61. The van der Waals surface area contributed by atoms with Gasteiger partial charge in [-0.05, 0) is 44.2 Å². The number of aryl methyl sites for hydroxylation is 1. The Morgan fingerprint density at radius 1 is 1.33 bits per heavy atom. The predicted molar refractivity (Wildman–Crippen MR) is 76.0 cm³/mol. The number of hydrogen-bond donors (Lipinski definition) is 1. The highest BCUT2D eigenvalue weighted by Gasteiger charge is 2.15. The first kappa shape index (κ1) is 13.5. The minimum atomic E-state index is -0.355. The molecule has 0 aliphatic carbocycles. The van der Waals surface area contributed by atoms with Gasteiger partial charge in [0, 0.05) is 15.8 Å². The van der Waals surface area contributed by atoms with Crippen molar-refractivity contribution >= 4 is 22.9 Å². The lowest BCUT2D eigenvalue weighted by Crippen LogP contribution is -2.18. The maximum absolute atomic E-state index is 13.4. The fourth-order valence-electron chi connectivity index (χ4n) is 1.91. The van der Waals surface area contributed by atoms with Gasteiger partial charge >= 0.3 is 0 Å². The second-order valence-electron chi connectivity index (χ2n) is 4.21. The quantitative estimate of drug-likeness (QED) is 0.879. The van der Waals surface area contributed by atoms with E-state index in [1.165, 1.54) is 15.8 Å². The molecular weight excluding hydrogens is 269 g/mol. The second-order valence-corrected chi connectivity index (χ2v) is 5.90. The summed E-state index contributed by atoms with van der Waals surface area (Å²) in [5.41, 5.74) is 0.835. The van der Waals surface area contributed by atoms with E-state index in [1.54, 1.807) is 17.4 Å². The van der Waals surface area contributed by atoms with Gasteiger partial charge in [0.05, 0.1) is 5.02 Å². The highest BCUT2D eigenvalue weighted by atomic mass is 35.5. The van der Waals surface area contributed by atoms with E-state index < -0.39 is 0 Å². The molecule has 1 nitrogen and oxygen atoms in total. The lowest BCUT2D eigenvalue weighted by Gasteiger charge is -2.15. The highest BCUT2D eigenvalue weighted by molar-refractivity contribution is 7.12. The zero-order valence-electron chi connectivity index (χ0n) is 10.3. The molecule has 0 bridgehead atoms. The van der Waals surface area contributed by atoms with Crippen molar-refractivity contribution in [2.45, 2.75) is 19.4 Å². The molecule has 1 aromatic heterocycles. The van der Waals surface area contributed by atoms with E-state index in [1.807, 2.05) is 13.1 Å². The van der Waals surface area contributed by atoms with Crippen LogP contribution in [0.15, 0.2) is 30.3 Å². The molecule has 1 aromatic carbocycles. The Labute approximate surface area is 116 Å². The molecule has 0 fully saturated rings. The van der Waals surface area contributed by atoms with Gasteiger partial charge in [-0.15, -0.1) is 11.3 Å². The zero-order chi connectivity index (χ0) is 13.1. The molecule has 2 aromatic rings. The molecule has 0 aliphatic heterocycles. The van der Waals surface area contributed by atoms with Crippen LogP contribution in [0.25, 0.3) is 0 Å². The Kier molecular flexibility index (Phi) is 4.38. The van der Waals surface area contributed by atoms with Crippen LogP contribution in [0.5, 0.6) is 0 Å². The van der Waals surface area contributed by atoms with Crippen molar-refractivity contribution < 1.29 is 4.39 Å². The molecule has 0 amide bonds. The Morgan fingerprint density at radius 2 is 2.11 bits per heavy atom. The van der Waals surface area contributed by atoms with Gasteiger partial charge in [0.2, 0.25) is 0 Å². The minimum absolute atomic E-state index is 0.169. The average molecular weight is 284 g/mol. The van der Waals surface area contributed by atoms with E-state index in [-0.39, 0.29) is 16.9 Å². The van der Waals surface area contributed by atoms with E-state index in [0.29, 0.717) is 6.42 Å². The molecule has 0 saturated carbocycles. The predicted octanol–water partition coefficient (Wildman–Crippen LogP) is 4.35. The van der Waals surface area contributed by atoms with Gasteiger partial charge in [-0.25, -0.2) is 4.39 Å². The maximum Gasteiger partial charge on any atom is 0.142 e. The monoisotopic (exact) mass is 283 g/mol. The number of likely N-dealkylation sites (N-methyl/N-ethyl adjacent to an activating group) is 1. The van der Waals surface area contributed by atoms with Gasteiger partial charge in [-0.3, -0.25) is 0 Å². The summed E-state index contributed by atoms with van der Waals surface area (Å²) in [6.45, 7) is 2.08. The topological polar surface area (TPSA) is 12.0 Å².